The molecule has 2 amide bonds. The second-order valence-electron chi connectivity index (χ2n) is 6.54. The summed E-state index contributed by atoms with van der Waals surface area (Å²) in [6.45, 7) is 3.14. The Balaban J connectivity index is 1.41. The summed E-state index contributed by atoms with van der Waals surface area (Å²) in [4.78, 5) is 30.3. The largest absolute Gasteiger partial charge is 0.493 e. The molecule has 152 valence electrons. The average molecular weight is 413 g/mol. The molecule has 0 saturated heterocycles. The fourth-order valence-electron chi connectivity index (χ4n) is 2.63. The Kier molecular flexibility index (Phi) is 7.02. The van der Waals surface area contributed by atoms with Gasteiger partial charge in [0.1, 0.15) is 5.75 Å². The van der Waals surface area contributed by atoms with Crippen LogP contribution < -0.4 is 10.1 Å². The topological polar surface area (TPSA) is 84.7 Å². The van der Waals surface area contributed by atoms with Crippen molar-refractivity contribution in [3.8, 4) is 5.75 Å². The number of rotatable bonds is 9. The van der Waals surface area contributed by atoms with Crippen molar-refractivity contribution in [1.82, 2.24) is 9.88 Å². The number of para-hydroxylation sites is 1. The highest BCUT2D eigenvalue weighted by atomic mass is 32.1. The minimum Gasteiger partial charge on any atom is -0.493 e. The number of amides is 2. The van der Waals surface area contributed by atoms with Crippen molar-refractivity contribution in [3.63, 3.8) is 0 Å². The number of nitrogens with one attached hydrogen (secondary N) is 1. The van der Waals surface area contributed by atoms with Gasteiger partial charge in [0.05, 0.1) is 25.0 Å². The molecule has 0 aliphatic carbocycles. The van der Waals surface area contributed by atoms with Crippen LogP contribution in [0.3, 0.4) is 0 Å². The number of furan rings is 1. The van der Waals surface area contributed by atoms with Crippen LogP contribution in [0.4, 0.5) is 5.13 Å². The monoisotopic (exact) mass is 413 g/mol. The molecule has 0 radical (unpaired) electrons. The van der Waals surface area contributed by atoms with Gasteiger partial charge in [-0.2, -0.15) is 0 Å². The number of carbonyl (C=O) groups excluding carboxylic acids is 2. The van der Waals surface area contributed by atoms with Crippen molar-refractivity contribution < 1.29 is 18.7 Å². The van der Waals surface area contributed by atoms with E-state index in [9.17, 15) is 9.59 Å². The van der Waals surface area contributed by atoms with Crippen LogP contribution in [0.5, 0.6) is 5.75 Å². The smallest absolute Gasteiger partial charge is 0.293 e. The molecule has 2 aromatic heterocycles. The standard InChI is InChI=1S/C21H23N3O4S/c1-15-7-3-4-8-17(15)27-12-6-10-24(2)19(25)13-16-14-29-21(22-16)23-20(26)18-9-5-11-28-18/h3-5,7-9,11,14H,6,10,12-13H2,1-2H3,(H,22,23,26). The molecule has 0 aliphatic heterocycles. The molecule has 29 heavy (non-hydrogen) atoms. The Morgan fingerprint density at radius 1 is 1.24 bits per heavy atom. The predicted molar refractivity (Wildman–Crippen MR) is 111 cm³/mol. The van der Waals surface area contributed by atoms with Crippen LogP contribution in [0.2, 0.25) is 0 Å². The van der Waals surface area contributed by atoms with Crippen molar-refractivity contribution in [3.05, 3.63) is 65.1 Å². The van der Waals surface area contributed by atoms with Gasteiger partial charge >= 0.3 is 0 Å². The molecule has 3 rings (SSSR count). The van der Waals surface area contributed by atoms with Crippen LogP contribution in [-0.2, 0) is 11.2 Å². The first-order valence-corrected chi connectivity index (χ1v) is 10.1. The minimum atomic E-state index is -0.368. The number of aromatic nitrogens is 1. The van der Waals surface area contributed by atoms with E-state index < -0.39 is 0 Å². The first-order chi connectivity index (χ1) is 14.0. The zero-order valence-electron chi connectivity index (χ0n) is 16.4. The SMILES string of the molecule is Cc1ccccc1OCCCN(C)C(=O)Cc1csc(NC(=O)c2ccco2)n1. The van der Waals surface area contributed by atoms with Crippen LogP contribution in [-0.4, -0.2) is 41.9 Å². The number of aryl methyl sites for hydroxylation is 1. The molecule has 0 saturated carbocycles. The van der Waals surface area contributed by atoms with Gasteiger partial charge in [-0.15, -0.1) is 11.3 Å². The van der Waals surface area contributed by atoms with Crippen molar-refractivity contribution in [1.29, 1.82) is 0 Å². The van der Waals surface area contributed by atoms with Gasteiger partial charge in [-0.1, -0.05) is 18.2 Å². The van der Waals surface area contributed by atoms with E-state index >= 15 is 0 Å². The van der Waals surface area contributed by atoms with Crippen LogP contribution in [0.25, 0.3) is 0 Å². The molecule has 1 aromatic carbocycles. The Labute approximate surface area is 173 Å². The average Bonchev–Trinajstić information content (AvgIpc) is 3.38. The molecule has 7 nitrogen and oxygen atoms in total. The molecule has 0 spiro atoms. The molecule has 2 heterocycles. The summed E-state index contributed by atoms with van der Waals surface area (Å²) in [7, 11) is 1.77. The fraction of sp³-hybridized carbons (Fsp3) is 0.286. The van der Waals surface area contributed by atoms with E-state index in [-0.39, 0.29) is 24.0 Å². The van der Waals surface area contributed by atoms with Gasteiger partial charge in [-0.05, 0) is 37.1 Å². The predicted octanol–water partition coefficient (Wildman–Crippen LogP) is 3.77. The third kappa shape index (κ3) is 5.92. The van der Waals surface area contributed by atoms with E-state index in [0.717, 1.165) is 17.7 Å². The summed E-state index contributed by atoms with van der Waals surface area (Å²) in [6, 6.07) is 11.1. The third-order valence-corrected chi connectivity index (χ3v) is 5.07. The number of carbonyl (C=O) groups is 2. The highest BCUT2D eigenvalue weighted by Gasteiger charge is 2.14. The van der Waals surface area contributed by atoms with Gasteiger partial charge in [-0.25, -0.2) is 4.98 Å². The molecular formula is C21H23N3O4S. The molecule has 1 N–H and O–H groups in total. The highest BCUT2D eigenvalue weighted by Crippen LogP contribution is 2.18. The van der Waals surface area contributed by atoms with Gasteiger partial charge in [0.2, 0.25) is 5.91 Å². The van der Waals surface area contributed by atoms with Gasteiger partial charge in [0.25, 0.3) is 5.91 Å². The Bertz CT molecular complexity index is 953. The highest BCUT2D eigenvalue weighted by molar-refractivity contribution is 7.14. The number of benzene rings is 1. The molecule has 0 atom stereocenters. The Morgan fingerprint density at radius 3 is 2.83 bits per heavy atom. The first kappa shape index (κ1) is 20.6. The molecule has 0 unspecified atom stereocenters. The second kappa shape index (κ2) is 9.88. The van der Waals surface area contributed by atoms with Gasteiger partial charge in [0.15, 0.2) is 10.9 Å². The van der Waals surface area contributed by atoms with Gasteiger partial charge in [-0.3, -0.25) is 14.9 Å². The Hall–Kier alpha value is -3.13. The molecule has 0 bridgehead atoms. The summed E-state index contributed by atoms with van der Waals surface area (Å²) < 4.78 is 10.8. The van der Waals surface area contributed by atoms with Crippen molar-refractivity contribution in [2.24, 2.45) is 0 Å². The second-order valence-corrected chi connectivity index (χ2v) is 7.39. The van der Waals surface area contributed by atoms with E-state index in [0.29, 0.717) is 24.0 Å². The van der Waals surface area contributed by atoms with Crippen molar-refractivity contribution >= 4 is 28.3 Å². The lowest BCUT2D eigenvalue weighted by atomic mass is 10.2. The summed E-state index contributed by atoms with van der Waals surface area (Å²) in [5, 5.41) is 4.86. The minimum absolute atomic E-state index is 0.0323. The number of ether oxygens (including phenoxy) is 1. The van der Waals surface area contributed by atoms with Crippen LogP contribution >= 0.6 is 11.3 Å². The molecule has 0 aliphatic rings. The number of likely N-dealkylation sites (N-methyl/N-ethyl adjacent to an activating group) is 1. The van der Waals surface area contributed by atoms with E-state index in [2.05, 4.69) is 10.3 Å². The van der Waals surface area contributed by atoms with Crippen LogP contribution in [0, 0.1) is 6.92 Å². The van der Waals surface area contributed by atoms with Crippen LogP contribution in [0.1, 0.15) is 28.2 Å². The maximum Gasteiger partial charge on any atom is 0.293 e. The maximum absolute atomic E-state index is 12.4. The summed E-state index contributed by atoms with van der Waals surface area (Å²) in [6.07, 6.45) is 2.35. The Morgan fingerprint density at radius 2 is 2.07 bits per heavy atom. The molecular weight excluding hydrogens is 390 g/mol. The number of thiazole rings is 1. The fourth-order valence-corrected chi connectivity index (χ4v) is 3.33. The van der Waals surface area contributed by atoms with Crippen molar-refractivity contribution in [2.45, 2.75) is 19.8 Å². The zero-order valence-corrected chi connectivity index (χ0v) is 17.2. The molecule has 3 aromatic rings. The molecule has 8 heteroatoms. The zero-order chi connectivity index (χ0) is 20.6. The third-order valence-electron chi connectivity index (χ3n) is 4.26. The van der Waals surface area contributed by atoms with E-state index in [1.165, 1.54) is 17.6 Å². The van der Waals surface area contributed by atoms with E-state index in [1.54, 1.807) is 29.5 Å². The van der Waals surface area contributed by atoms with Crippen molar-refractivity contribution in [2.75, 3.05) is 25.5 Å². The number of nitrogens with zero attached hydrogens (tertiary/aromatic N) is 2. The number of hydrogen-bond acceptors (Lipinski definition) is 6. The van der Waals surface area contributed by atoms with Crippen LogP contribution in [0.15, 0.2) is 52.5 Å². The number of hydrogen-bond donors (Lipinski definition) is 1. The normalized spacial score (nSPS) is 10.6. The molecule has 0 fully saturated rings. The lowest BCUT2D eigenvalue weighted by Gasteiger charge is -2.17. The lowest BCUT2D eigenvalue weighted by molar-refractivity contribution is -0.129. The lowest BCUT2D eigenvalue weighted by Crippen LogP contribution is -2.30. The quantitative estimate of drug-likeness (QED) is 0.540. The number of anilines is 1. The maximum atomic E-state index is 12.4. The summed E-state index contributed by atoms with van der Waals surface area (Å²) in [5.41, 5.74) is 1.72. The van der Waals surface area contributed by atoms with E-state index in [4.69, 9.17) is 9.15 Å². The summed E-state index contributed by atoms with van der Waals surface area (Å²) in [5.74, 6) is 0.682. The van der Waals surface area contributed by atoms with Gasteiger partial charge < -0.3 is 14.1 Å². The summed E-state index contributed by atoms with van der Waals surface area (Å²) >= 11 is 1.27. The van der Waals surface area contributed by atoms with Gasteiger partial charge in [0, 0.05) is 19.0 Å². The van der Waals surface area contributed by atoms with E-state index in [1.807, 2.05) is 31.2 Å². The first-order valence-electron chi connectivity index (χ1n) is 9.24.